The largest absolute Gasteiger partial charge is 0.369 e. The second-order valence-electron chi connectivity index (χ2n) is 9.02. The second-order valence-corrected chi connectivity index (χ2v) is 10.8. The van der Waals surface area contributed by atoms with Crippen LogP contribution in [0.15, 0.2) is 64.7 Å². The van der Waals surface area contributed by atoms with E-state index >= 15 is 0 Å². The number of aromatic nitrogens is 2. The number of thiazole rings is 1. The normalized spacial score (nSPS) is 14.5. The summed E-state index contributed by atoms with van der Waals surface area (Å²) in [6.07, 6.45) is 6.10. The Hall–Kier alpha value is -2.68. The van der Waals surface area contributed by atoms with Gasteiger partial charge in [-0.05, 0) is 62.2 Å². The lowest BCUT2D eigenvalue weighted by molar-refractivity contribution is 0.0952. The number of hydrogen-bond acceptors (Lipinski definition) is 5. The van der Waals surface area contributed by atoms with Gasteiger partial charge in [0.2, 0.25) is 0 Å². The van der Waals surface area contributed by atoms with Gasteiger partial charge in [0.05, 0.1) is 5.69 Å². The molecule has 0 bridgehead atoms. The van der Waals surface area contributed by atoms with Gasteiger partial charge in [0.25, 0.3) is 5.91 Å². The number of piperazine rings is 1. The molecule has 0 atom stereocenters. The van der Waals surface area contributed by atoms with E-state index in [4.69, 9.17) is 0 Å². The van der Waals surface area contributed by atoms with Crippen LogP contribution in [0.1, 0.15) is 28.8 Å². The van der Waals surface area contributed by atoms with Crippen molar-refractivity contribution in [3.63, 3.8) is 0 Å². The molecular weight excluding hydrogens is 522 g/mol. The summed E-state index contributed by atoms with van der Waals surface area (Å²) in [6.45, 7) is 8.26. The number of carbonyl (C=O) groups is 1. The molecule has 0 spiro atoms. The Kier molecular flexibility index (Phi) is 7.51. The van der Waals surface area contributed by atoms with Crippen LogP contribution in [0.2, 0.25) is 0 Å². The standard InChI is InChI=1S/C27H30BrN5OS/c1-20-18-23(28)8-9-25(20)32-14-12-31(13-15-32)11-3-2-10-29-26(34)22-6-4-21(5-7-22)24-19-33-16-17-35-27(33)30-24/h4-9,16-19H,2-3,10-15H2,1H3,(H,29,34). The van der Waals surface area contributed by atoms with Crippen LogP contribution >= 0.6 is 27.3 Å². The number of hydrogen-bond donors (Lipinski definition) is 1. The number of halogens is 1. The van der Waals surface area contributed by atoms with Crippen LogP contribution in [0.5, 0.6) is 0 Å². The first-order valence-corrected chi connectivity index (χ1v) is 13.8. The van der Waals surface area contributed by atoms with Crippen LogP contribution in [0.3, 0.4) is 0 Å². The van der Waals surface area contributed by atoms with Crippen LogP contribution in [-0.4, -0.2) is 59.5 Å². The Morgan fingerprint density at radius 3 is 2.63 bits per heavy atom. The van der Waals surface area contributed by atoms with Crippen molar-refractivity contribution < 1.29 is 4.79 Å². The molecular formula is C27H30BrN5OS. The minimum absolute atomic E-state index is 0.0131. The number of imidazole rings is 1. The maximum atomic E-state index is 12.5. The lowest BCUT2D eigenvalue weighted by Crippen LogP contribution is -2.46. The molecule has 1 saturated heterocycles. The Bertz CT molecular complexity index is 1260. The van der Waals surface area contributed by atoms with E-state index in [9.17, 15) is 4.79 Å². The van der Waals surface area contributed by atoms with Crippen LogP contribution in [0.4, 0.5) is 5.69 Å². The Labute approximate surface area is 218 Å². The van der Waals surface area contributed by atoms with E-state index in [1.54, 1.807) is 11.3 Å². The third kappa shape index (κ3) is 5.77. The maximum absolute atomic E-state index is 12.5. The Morgan fingerprint density at radius 2 is 1.89 bits per heavy atom. The molecule has 0 unspecified atom stereocenters. The van der Waals surface area contributed by atoms with Gasteiger partial charge < -0.3 is 10.2 Å². The summed E-state index contributed by atoms with van der Waals surface area (Å²) in [5, 5.41) is 5.08. The first-order chi connectivity index (χ1) is 17.1. The van der Waals surface area contributed by atoms with Gasteiger partial charge in [0, 0.05) is 71.8 Å². The molecule has 3 heterocycles. The molecule has 1 N–H and O–H groups in total. The van der Waals surface area contributed by atoms with E-state index in [1.165, 1.54) is 11.3 Å². The van der Waals surface area contributed by atoms with E-state index in [0.717, 1.165) is 66.3 Å². The molecule has 0 radical (unpaired) electrons. The highest BCUT2D eigenvalue weighted by Crippen LogP contribution is 2.25. The number of carbonyl (C=O) groups excluding carboxylic acids is 1. The number of nitrogens with one attached hydrogen (secondary N) is 1. The molecule has 4 aromatic rings. The number of amides is 1. The molecule has 6 nitrogen and oxygen atoms in total. The monoisotopic (exact) mass is 551 g/mol. The van der Waals surface area contributed by atoms with Crippen molar-refractivity contribution in [2.75, 3.05) is 44.2 Å². The highest BCUT2D eigenvalue weighted by atomic mass is 79.9. The molecule has 8 heteroatoms. The van der Waals surface area contributed by atoms with Gasteiger partial charge in [-0.25, -0.2) is 4.98 Å². The maximum Gasteiger partial charge on any atom is 0.251 e. The Balaban J connectivity index is 1.01. The fraction of sp³-hybridized carbons (Fsp3) is 0.333. The molecule has 182 valence electrons. The van der Waals surface area contributed by atoms with Crippen LogP contribution in [0, 0.1) is 6.92 Å². The van der Waals surface area contributed by atoms with Crippen molar-refractivity contribution in [2.24, 2.45) is 0 Å². The lowest BCUT2D eigenvalue weighted by Gasteiger charge is -2.36. The fourth-order valence-electron chi connectivity index (χ4n) is 4.61. The zero-order valence-corrected chi connectivity index (χ0v) is 22.3. The van der Waals surface area contributed by atoms with Crippen molar-refractivity contribution >= 4 is 43.8 Å². The number of unbranched alkanes of at least 4 members (excludes halogenated alkanes) is 1. The first kappa shape index (κ1) is 24.0. The highest BCUT2D eigenvalue weighted by Gasteiger charge is 2.18. The molecule has 0 saturated carbocycles. The summed E-state index contributed by atoms with van der Waals surface area (Å²) in [7, 11) is 0. The number of nitrogens with zero attached hydrogens (tertiary/aromatic N) is 4. The smallest absolute Gasteiger partial charge is 0.251 e. The summed E-state index contributed by atoms with van der Waals surface area (Å²) in [6, 6.07) is 14.2. The van der Waals surface area contributed by atoms with Crippen molar-refractivity contribution in [1.82, 2.24) is 19.6 Å². The van der Waals surface area contributed by atoms with E-state index in [1.807, 2.05) is 46.4 Å². The first-order valence-electron chi connectivity index (χ1n) is 12.1. The van der Waals surface area contributed by atoms with E-state index < -0.39 is 0 Å². The van der Waals surface area contributed by atoms with Crippen molar-refractivity contribution in [2.45, 2.75) is 19.8 Å². The van der Waals surface area contributed by atoms with Crippen molar-refractivity contribution in [3.8, 4) is 11.3 Å². The molecule has 1 aliphatic rings. The molecule has 1 fully saturated rings. The minimum atomic E-state index is -0.0131. The predicted molar refractivity (Wildman–Crippen MR) is 148 cm³/mol. The summed E-state index contributed by atoms with van der Waals surface area (Å²) >= 11 is 5.17. The van der Waals surface area contributed by atoms with Crippen LogP contribution < -0.4 is 10.2 Å². The minimum Gasteiger partial charge on any atom is -0.369 e. The van der Waals surface area contributed by atoms with E-state index in [-0.39, 0.29) is 5.91 Å². The molecule has 1 amide bonds. The van der Waals surface area contributed by atoms with Gasteiger partial charge in [-0.3, -0.25) is 14.1 Å². The quantitative estimate of drug-likeness (QED) is 0.295. The van der Waals surface area contributed by atoms with Gasteiger partial charge in [-0.1, -0.05) is 28.1 Å². The summed E-state index contributed by atoms with van der Waals surface area (Å²) in [5.41, 5.74) is 5.30. The highest BCUT2D eigenvalue weighted by molar-refractivity contribution is 9.10. The van der Waals surface area contributed by atoms with Gasteiger partial charge in [-0.15, -0.1) is 11.3 Å². The van der Waals surface area contributed by atoms with Gasteiger partial charge in [-0.2, -0.15) is 0 Å². The fourth-order valence-corrected chi connectivity index (χ4v) is 5.78. The number of fused-ring (bicyclic) bond motifs is 1. The summed E-state index contributed by atoms with van der Waals surface area (Å²) in [4.78, 5) is 23.1. The number of aryl methyl sites for hydroxylation is 1. The zero-order valence-electron chi connectivity index (χ0n) is 19.9. The number of anilines is 1. The third-order valence-corrected chi connectivity index (χ3v) is 7.86. The molecule has 0 aliphatic carbocycles. The Morgan fingerprint density at radius 1 is 1.09 bits per heavy atom. The van der Waals surface area contributed by atoms with Crippen LogP contribution in [-0.2, 0) is 0 Å². The topological polar surface area (TPSA) is 52.9 Å². The second kappa shape index (κ2) is 10.9. The molecule has 2 aromatic carbocycles. The van der Waals surface area contributed by atoms with Gasteiger partial charge >= 0.3 is 0 Å². The van der Waals surface area contributed by atoms with E-state index in [0.29, 0.717) is 12.1 Å². The lowest BCUT2D eigenvalue weighted by atomic mass is 10.1. The van der Waals surface area contributed by atoms with Crippen LogP contribution in [0.25, 0.3) is 16.2 Å². The zero-order chi connectivity index (χ0) is 24.2. The number of rotatable bonds is 8. The average molecular weight is 553 g/mol. The average Bonchev–Trinajstić information content (AvgIpc) is 3.47. The molecule has 2 aromatic heterocycles. The van der Waals surface area contributed by atoms with Gasteiger partial charge in [0.1, 0.15) is 0 Å². The molecule has 35 heavy (non-hydrogen) atoms. The molecule has 5 rings (SSSR count). The molecule has 1 aliphatic heterocycles. The summed E-state index contributed by atoms with van der Waals surface area (Å²) in [5.74, 6) is -0.0131. The summed E-state index contributed by atoms with van der Waals surface area (Å²) < 4.78 is 3.15. The van der Waals surface area contributed by atoms with Crippen molar-refractivity contribution in [3.05, 3.63) is 75.8 Å². The van der Waals surface area contributed by atoms with Gasteiger partial charge in [0.15, 0.2) is 4.96 Å². The number of benzene rings is 2. The third-order valence-electron chi connectivity index (χ3n) is 6.59. The predicted octanol–water partition coefficient (Wildman–Crippen LogP) is 5.47. The SMILES string of the molecule is Cc1cc(Br)ccc1N1CCN(CCCCNC(=O)c2ccc(-c3cn4ccsc4n3)cc2)CC1. The van der Waals surface area contributed by atoms with E-state index in [2.05, 4.69) is 61.2 Å². The van der Waals surface area contributed by atoms with Crippen molar-refractivity contribution in [1.29, 1.82) is 0 Å².